The van der Waals surface area contributed by atoms with E-state index in [1.807, 2.05) is 0 Å². The Kier molecular flexibility index (Phi) is 2.60. The first kappa shape index (κ1) is 10.3. The monoisotopic (exact) mass is 156 g/mol. The van der Waals surface area contributed by atoms with E-state index in [1.54, 1.807) is 0 Å². The average molecular weight is 156 g/mol. The largest absolute Gasteiger partial charge is 0.386 e. The molecule has 0 fully saturated rings. The number of hydrogen-bond donors (Lipinski definition) is 2. The molecule has 0 aliphatic heterocycles. The lowest BCUT2D eigenvalue weighted by molar-refractivity contribution is 0.191. The quantitative estimate of drug-likeness (QED) is 0.640. The van der Waals surface area contributed by atoms with Gasteiger partial charge in [0.1, 0.15) is 0 Å². The van der Waals surface area contributed by atoms with Gasteiger partial charge in [0, 0.05) is 5.54 Å². The van der Waals surface area contributed by atoms with E-state index in [9.17, 15) is 0 Å². The maximum Gasteiger partial charge on any atom is 0.0890 e. The van der Waals surface area contributed by atoms with Gasteiger partial charge in [0.25, 0.3) is 0 Å². The molecule has 0 saturated heterocycles. The topological polar surface area (TPSA) is 38.0 Å². The molecule has 2 heteroatoms. The summed E-state index contributed by atoms with van der Waals surface area (Å²) in [5, 5.41) is 3.14. The van der Waals surface area contributed by atoms with Crippen molar-refractivity contribution in [1.82, 2.24) is 5.32 Å². The SMILES string of the molecule is C=C(N)NC(C)(C)C(C)(C)C. The predicted molar refractivity (Wildman–Crippen MR) is 50.0 cm³/mol. The zero-order chi connectivity index (χ0) is 9.28. The van der Waals surface area contributed by atoms with E-state index < -0.39 is 0 Å². The van der Waals surface area contributed by atoms with E-state index >= 15 is 0 Å². The van der Waals surface area contributed by atoms with Crippen molar-refractivity contribution >= 4 is 0 Å². The van der Waals surface area contributed by atoms with Crippen molar-refractivity contribution in [3.8, 4) is 0 Å². The fraction of sp³-hybridized carbons (Fsp3) is 0.778. The summed E-state index contributed by atoms with van der Waals surface area (Å²) in [7, 11) is 0. The van der Waals surface area contributed by atoms with Gasteiger partial charge in [0.15, 0.2) is 0 Å². The average Bonchev–Trinajstić information content (AvgIpc) is 1.56. The van der Waals surface area contributed by atoms with Crippen molar-refractivity contribution in [3.05, 3.63) is 12.4 Å². The molecule has 2 nitrogen and oxygen atoms in total. The maximum absolute atomic E-state index is 5.47. The second-order valence-corrected chi connectivity index (χ2v) is 4.53. The van der Waals surface area contributed by atoms with Gasteiger partial charge < -0.3 is 11.1 Å². The lowest BCUT2D eigenvalue weighted by Gasteiger charge is -2.40. The van der Waals surface area contributed by atoms with Crippen LogP contribution in [0.5, 0.6) is 0 Å². The van der Waals surface area contributed by atoms with Crippen molar-refractivity contribution in [1.29, 1.82) is 0 Å². The summed E-state index contributed by atoms with van der Waals surface area (Å²) in [4.78, 5) is 0. The van der Waals surface area contributed by atoms with Crippen LogP contribution in [-0.4, -0.2) is 5.54 Å². The predicted octanol–water partition coefficient (Wildman–Crippen LogP) is 1.83. The smallest absolute Gasteiger partial charge is 0.0890 e. The third kappa shape index (κ3) is 2.83. The van der Waals surface area contributed by atoms with Crippen molar-refractivity contribution in [3.63, 3.8) is 0 Å². The third-order valence-corrected chi connectivity index (χ3v) is 2.35. The van der Waals surface area contributed by atoms with Crippen LogP contribution in [0.25, 0.3) is 0 Å². The van der Waals surface area contributed by atoms with Crippen LogP contribution in [0.3, 0.4) is 0 Å². The molecular formula is C9H20N2. The fourth-order valence-corrected chi connectivity index (χ4v) is 0.589. The fourth-order valence-electron chi connectivity index (χ4n) is 0.589. The molecule has 0 amide bonds. The molecule has 0 atom stereocenters. The normalized spacial score (nSPS) is 12.8. The molecule has 0 rings (SSSR count). The Morgan fingerprint density at radius 1 is 1.18 bits per heavy atom. The van der Waals surface area contributed by atoms with Crippen molar-refractivity contribution < 1.29 is 0 Å². The molecule has 0 aromatic heterocycles. The molecule has 0 aliphatic carbocycles. The zero-order valence-electron chi connectivity index (χ0n) is 8.28. The maximum atomic E-state index is 5.47. The van der Waals surface area contributed by atoms with Crippen LogP contribution in [0, 0.1) is 5.41 Å². The summed E-state index contributed by atoms with van der Waals surface area (Å²) in [6.45, 7) is 14.4. The number of rotatable bonds is 2. The summed E-state index contributed by atoms with van der Waals surface area (Å²) < 4.78 is 0. The summed E-state index contributed by atoms with van der Waals surface area (Å²) in [6.07, 6.45) is 0. The molecule has 0 unspecified atom stereocenters. The van der Waals surface area contributed by atoms with Crippen LogP contribution in [0.15, 0.2) is 12.4 Å². The zero-order valence-corrected chi connectivity index (χ0v) is 8.28. The number of nitrogens with one attached hydrogen (secondary N) is 1. The Labute approximate surface area is 69.9 Å². The molecule has 3 N–H and O–H groups in total. The standard InChI is InChI=1S/C9H20N2/c1-7(10)11-9(5,6)8(2,3)4/h11H,1,10H2,2-6H3. The van der Waals surface area contributed by atoms with Crippen LogP contribution in [0.4, 0.5) is 0 Å². The summed E-state index contributed by atoms with van der Waals surface area (Å²) in [5.74, 6) is 0.532. The lowest BCUT2D eigenvalue weighted by Crippen LogP contribution is -2.50. The van der Waals surface area contributed by atoms with Gasteiger partial charge in [-0.1, -0.05) is 27.4 Å². The van der Waals surface area contributed by atoms with Gasteiger partial charge in [-0.25, -0.2) is 0 Å². The third-order valence-electron chi connectivity index (χ3n) is 2.35. The van der Waals surface area contributed by atoms with Gasteiger partial charge in [-0.2, -0.15) is 0 Å². The lowest BCUT2D eigenvalue weighted by atomic mass is 9.76. The molecule has 0 saturated carbocycles. The Balaban J connectivity index is 4.34. The molecule has 0 aliphatic rings. The Bertz CT molecular complexity index is 151. The molecule has 0 bridgehead atoms. The molecule has 0 aromatic rings. The van der Waals surface area contributed by atoms with Gasteiger partial charge in [-0.15, -0.1) is 0 Å². The highest BCUT2D eigenvalue weighted by Gasteiger charge is 2.32. The molecule has 0 heterocycles. The number of nitrogens with two attached hydrogens (primary N) is 1. The van der Waals surface area contributed by atoms with E-state index in [0.29, 0.717) is 5.82 Å². The van der Waals surface area contributed by atoms with Crippen molar-refractivity contribution in [2.45, 2.75) is 40.2 Å². The molecule has 11 heavy (non-hydrogen) atoms. The first-order valence-corrected chi connectivity index (χ1v) is 3.89. The minimum atomic E-state index is -0.0150. The van der Waals surface area contributed by atoms with Crippen LogP contribution in [-0.2, 0) is 0 Å². The van der Waals surface area contributed by atoms with E-state index in [2.05, 4.69) is 46.5 Å². The van der Waals surface area contributed by atoms with E-state index in [-0.39, 0.29) is 11.0 Å². The first-order valence-electron chi connectivity index (χ1n) is 3.89. The minimum Gasteiger partial charge on any atom is -0.386 e. The highest BCUT2D eigenvalue weighted by atomic mass is 15.1. The molecule has 0 aromatic carbocycles. The second kappa shape index (κ2) is 2.76. The summed E-state index contributed by atoms with van der Waals surface area (Å²) >= 11 is 0. The molecule has 66 valence electrons. The van der Waals surface area contributed by atoms with E-state index in [0.717, 1.165) is 0 Å². The minimum absolute atomic E-state index is 0.0150. The van der Waals surface area contributed by atoms with Gasteiger partial charge in [0.05, 0.1) is 5.82 Å². The Hall–Kier alpha value is -0.660. The Morgan fingerprint density at radius 2 is 1.55 bits per heavy atom. The summed E-state index contributed by atoms with van der Waals surface area (Å²) in [5.41, 5.74) is 5.63. The van der Waals surface area contributed by atoms with Crippen LogP contribution in [0.2, 0.25) is 0 Å². The highest BCUT2D eigenvalue weighted by molar-refractivity contribution is 4.98. The molecule has 0 radical (unpaired) electrons. The van der Waals surface area contributed by atoms with Gasteiger partial charge in [-0.3, -0.25) is 0 Å². The van der Waals surface area contributed by atoms with Gasteiger partial charge in [-0.05, 0) is 19.3 Å². The van der Waals surface area contributed by atoms with Crippen LogP contribution >= 0.6 is 0 Å². The van der Waals surface area contributed by atoms with Crippen LogP contribution in [0.1, 0.15) is 34.6 Å². The summed E-state index contributed by atoms with van der Waals surface area (Å²) in [6, 6.07) is 0. The van der Waals surface area contributed by atoms with Gasteiger partial charge in [0.2, 0.25) is 0 Å². The van der Waals surface area contributed by atoms with Crippen molar-refractivity contribution in [2.75, 3.05) is 0 Å². The number of hydrogen-bond acceptors (Lipinski definition) is 2. The highest BCUT2D eigenvalue weighted by Crippen LogP contribution is 2.29. The Morgan fingerprint density at radius 3 is 1.64 bits per heavy atom. The van der Waals surface area contributed by atoms with Crippen molar-refractivity contribution in [2.24, 2.45) is 11.1 Å². The van der Waals surface area contributed by atoms with E-state index in [4.69, 9.17) is 5.73 Å². The first-order chi connectivity index (χ1) is 4.67. The van der Waals surface area contributed by atoms with Crippen LogP contribution < -0.4 is 11.1 Å². The van der Waals surface area contributed by atoms with E-state index in [1.165, 1.54) is 0 Å². The van der Waals surface area contributed by atoms with Gasteiger partial charge >= 0.3 is 0 Å². The molecular weight excluding hydrogens is 136 g/mol. The molecule has 0 spiro atoms. The second-order valence-electron chi connectivity index (χ2n) is 4.53.